The Morgan fingerprint density at radius 3 is 2.73 bits per heavy atom. The summed E-state index contributed by atoms with van der Waals surface area (Å²) in [6.07, 6.45) is 3.74. The van der Waals surface area contributed by atoms with Crippen molar-refractivity contribution in [2.45, 2.75) is 38.2 Å². The number of hydrogen-bond donors (Lipinski definition) is 1. The van der Waals surface area contributed by atoms with Gasteiger partial charge in [-0.05, 0) is 44.0 Å². The number of oxazole rings is 1. The zero-order valence-electron chi connectivity index (χ0n) is 16.8. The molecule has 1 aromatic carbocycles. The Morgan fingerprint density at radius 2 is 2.07 bits per heavy atom. The van der Waals surface area contributed by atoms with Crippen molar-refractivity contribution in [1.82, 2.24) is 9.97 Å². The summed E-state index contributed by atoms with van der Waals surface area (Å²) in [7, 11) is 0. The Labute approximate surface area is 174 Å². The van der Waals surface area contributed by atoms with Crippen LogP contribution in [0.15, 0.2) is 53.1 Å². The molecule has 1 saturated heterocycles. The lowest BCUT2D eigenvalue weighted by Crippen LogP contribution is -2.40. The molecule has 156 valence electrons. The van der Waals surface area contributed by atoms with Gasteiger partial charge in [0.25, 0.3) is 0 Å². The van der Waals surface area contributed by atoms with E-state index in [1.807, 2.05) is 37.3 Å². The second kappa shape index (κ2) is 8.67. The molecule has 0 spiro atoms. The third kappa shape index (κ3) is 4.36. The van der Waals surface area contributed by atoms with Crippen LogP contribution in [0.5, 0.6) is 5.75 Å². The summed E-state index contributed by atoms with van der Waals surface area (Å²) >= 11 is 0. The van der Waals surface area contributed by atoms with E-state index in [1.54, 1.807) is 18.3 Å². The number of ether oxygens (including phenoxy) is 2. The molecule has 2 aromatic heterocycles. The maximum absolute atomic E-state index is 11.6. The number of aryl methyl sites for hydroxylation is 1. The molecule has 1 aliphatic heterocycles. The van der Waals surface area contributed by atoms with Gasteiger partial charge in [0, 0.05) is 30.7 Å². The number of nitrogens with zero attached hydrogens (tertiary/aromatic N) is 2. The van der Waals surface area contributed by atoms with E-state index in [1.165, 1.54) is 0 Å². The van der Waals surface area contributed by atoms with Crippen LogP contribution in [0, 0.1) is 6.92 Å². The molecule has 1 fully saturated rings. The number of rotatable bonds is 8. The van der Waals surface area contributed by atoms with Gasteiger partial charge < -0.3 is 19.0 Å². The van der Waals surface area contributed by atoms with Crippen molar-refractivity contribution in [2.75, 3.05) is 13.2 Å². The summed E-state index contributed by atoms with van der Waals surface area (Å²) in [6.45, 7) is 2.81. The van der Waals surface area contributed by atoms with Crippen LogP contribution >= 0.6 is 0 Å². The van der Waals surface area contributed by atoms with Crippen molar-refractivity contribution in [3.8, 4) is 17.2 Å². The zero-order chi connectivity index (χ0) is 21.0. The number of hydrogen-bond acceptors (Lipinski definition) is 6. The van der Waals surface area contributed by atoms with E-state index in [0.717, 1.165) is 23.4 Å². The van der Waals surface area contributed by atoms with Crippen molar-refractivity contribution in [1.29, 1.82) is 0 Å². The third-order valence-electron chi connectivity index (χ3n) is 5.28. The molecule has 0 saturated carbocycles. The predicted octanol–water partition coefficient (Wildman–Crippen LogP) is 3.84. The van der Waals surface area contributed by atoms with Gasteiger partial charge in [-0.3, -0.25) is 4.98 Å². The van der Waals surface area contributed by atoms with Crippen molar-refractivity contribution >= 4 is 5.97 Å². The molecule has 0 aliphatic carbocycles. The molecule has 0 radical (unpaired) electrons. The Bertz CT molecular complexity index is 992. The molecule has 1 atom stereocenters. The Hall–Kier alpha value is -3.19. The molecule has 0 amide bonds. The minimum Gasteiger partial charge on any atom is -0.492 e. The van der Waals surface area contributed by atoms with Gasteiger partial charge in [-0.15, -0.1) is 0 Å². The van der Waals surface area contributed by atoms with Crippen LogP contribution in [-0.2, 0) is 22.4 Å². The number of pyridine rings is 1. The number of carboxylic acids is 1. The highest BCUT2D eigenvalue weighted by atomic mass is 16.5. The molecule has 7 nitrogen and oxygen atoms in total. The quantitative estimate of drug-likeness (QED) is 0.605. The third-order valence-corrected chi connectivity index (χ3v) is 5.28. The number of aliphatic carboxylic acids is 1. The van der Waals surface area contributed by atoms with Crippen LogP contribution in [0.1, 0.15) is 30.0 Å². The molecule has 1 aliphatic rings. The monoisotopic (exact) mass is 408 g/mol. The summed E-state index contributed by atoms with van der Waals surface area (Å²) in [5.41, 5.74) is 1.32. The molecular formula is C23H24N2O5. The second-order valence-corrected chi connectivity index (χ2v) is 7.40. The Kier molecular flexibility index (Phi) is 5.81. The molecule has 4 rings (SSSR count). The molecule has 30 heavy (non-hydrogen) atoms. The van der Waals surface area contributed by atoms with E-state index >= 15 is 0 Å². The molecule has 1 unspecified atom stereocenters. The minimum atomic E-state index is -1.16. The van der Waals surface area contributed by atoms with Gasteiger partial charge in [0.05, 0.1) is 18.5 Å². The lowest BCUT2D eigenvalue weighted by molar-refractivity contribution is -0.160. The predicted molar refractivity (Wildman–Crippen MR) is 109 cm³/mol. The molecule has 0 bridgehead atoms. The first-order valence-corrected chi connectivity index (χ1v) is 10.0. The SMILES string of the molecule is Cc1oc(-c2ccccc2)nc1CCOc1ccc(CC2(C(=O)O)CCCO2)nc1. The minimum absolute atomic E-state index is 0.253. The first kappa shape index (κ1) is 20.1. The van der Waals surface area contributed by atoms with Crippen LogP contribution < -0.4 is 4.74 Å². The summed E-state index contributed by atoms with van der Waals surface area (Å²) in [5, 5.41) is 9.51. The molecule has 7 heteroatoms. The average molecular weight is 408 g/mol. The van der Waals surface area contributed by atoms with E-state index < -0.39 is 11.6 Å². The zero-order valence-corrected chi connectivity index (χ0v) is 16.8. The second-order valence-electron chi connectivity index (χ2n) is 7.40. The van der Waals surface area contributed by atoms with Crippen LogP contribution in [0.25, 0.3) is 11.5 Å². The van der Waals surface area contributed by atoms with Crippen LogP contribution in [0.3, 0.4) is 0 Å². The van der Waals surface area contributed by atoms with Crippen molar-refractivity contribution in [3.05, 3.63) is 65.8 Å². The number of benzene rings is 1. The average Bonchev–Trinajstić information content (AvgIpc) is 3.38. The van der Waals surface area contributed by atoms with E-state index in [4.69, 9.17) is 13.9 Å². The van der Waals surface area contributed by atoms with Crippen LogP contribution in [0.2, 0.25) is 0 Å². The van der Waals surface area contributed by atoms with E-state index in [9.17, 15) is 9.90 Å². The molecule has 1 N–H and O–H groups in total. The maximum Gasteiger partial charge on any atom is 0.336 e. The molecule has 3 aromatic rings. The lowest BCUT2D eigenvalue weighted by atomic mass is 9.94. The van der Waals surface area contributed by atoms with Crippen molar-refractivity contribution in [3.63, 3.8) is 0 Å². The maximum atomic E-state index is 11.6. The van der Waals surface area contributed by atoms with Gasteiger partial charge >= 0.3 is 5.97 Å². The normalized spacial score (nSPS) is 18.4. The number of carboxylic acid groups (broad SMARTS) is 1. The van der Waals surface area contributed by atoms with Gasteiger partial charge in [-0.25, -0.2) is 9.78 Å². The van der Waals surface area contributed by atoms with Gasteiger partial charge in [-0.2, -0.15) is 0 Å². The number of carbonyl (C=O) groups is 1. The summed E-state index contributed by atoms with van der Waals surface area (Å²) in [5.74, 6) is 1.08. The van der Waals surface area contributed by atoms with Crippen molar-refractivity contribution < 1.29 is 23.8 Å². The molecule has 3 heterocycles. The van der Waals surface area contributed by atoms with Crippen molar-refractivity contribution in [2.24, 2.45) is 0 Å². The fourth-order valence-electron chi connectivity index (χ4n) is 3.60. The van der Waals surface area contributed by atoms with Gasteiger partial charge in [0.1, 0.15) is 11.5 Å². The fraction of sp³-hybridized carbons (Fsp3) is 0.348. The van der Waals surface area contributed by atoms with Crippen LogP contribution in [0.4, 0.5) is 0 Å². The fourth-order valence-corrected chi connectivity index (χ4v) is 3.60. The van der Waals surface area contributed by atoms with Gasteiger partial charge in [-0.1, -0.05) is 18.2 Å². The summed E-state index contributed by atoms with van der Waals surface area (Å²) in [6, 6.07) is 13.4. The topological polar surface area (TPSA) is 94.7 Å². The Morgan fingerprint density at radius 1 is 1.23 bits per heavy atom. The van der Waals surface area contributed by atoms with E-state index in [0.29, 0.717) is 43.4 Å². The first-order valence-electron chi connectivity index (χ1n) is 10.0. The lowest BCUT2D eigenvalue weighted by Gasteiger charge is -2.22. The smallest absolute Gasteiger partial charge is 0.336 e. The van der Waals surface area contributed by atoms with Gasteiger partial charge in [0.2, 0.25) is 5.89 Å². The Balaban J connectivity index is 1.33. The van der Waals surface area contributed by atoms with Gasteiger partial charge in [0.15, 0.2) is 5.60 Å². The molecular weight excluding hydrogens is 384 g/mol. The van der Waals surface area contributed by atoms with E-state index in [2.05, 4.69) is 9.97 Å². The highest BCUT2D eigenvalue weighted by molar-refractivity contribution is 5.78. The first-order chi connectivity index (χ1) is 14.6. The highest BCUT2D eigenvalue weighted by Gasteiger charge is 2.43. The highest BCUT2D eigenvalue weighted by Crippen LogP contribution is 2.30. The largest absolute Gasteiger partial charge is 0.492 e. The van der Waals surface area contributed by atoms with E-state index in [-0.39, 0.29) is 6.42 Å². The number of aromatic nitrogens is 2. The standard InChI is InChI=1S/C23H24N2O5/c1-16-20(25-21(30-16)17-6-3-2-4-7-17)10-13-28-19-9-8-18(24-15-19)14-23(22(26)27)11-5-12-29-23/h2-4,6-9,15H,5,10-14H2,1H3,(H,26,27). The summed E-state index contributed by atoms with van der Waals surface area (Å²) < 4.78 is 17.1. The van der Waals surface area contributed by atoms with Crippen LogP contribution in [-0.4, -0.2) is 39.9 Å². The summed E-state index contributed by atoms with van der Waals surface area (Å²) in [4.78, 5) is 20.5.